The van der Waals surface area contributed by atoms with E-state index in [1.54, 1.807) is 12.1 Å². The lowest BCUT2D eigenvalue weighted by Crippen LogP contribution is -1.99. The number of carbonyl (C=O) groups excluding carboxylic acids is 1. The van der Waals surface area contributed by atoms with Gasteiger partial charge in [0.1, 0.15) is 6.61 Å². The summed E-state index contributed by atoms with van der Waals surface area (Å²) >= 11 is 5.79. The molecular weight excluding hydrogens is 240 g/mol. The van der Waals surface area contributed by atoms with E-state index in [9.17, 15) is 4.79 Å². The first-order valence-corrected chi connectivity index (χ1v) is 5.32. The number of ether oxygens (including phenoxy) is 1. The smallest absolute Gasteiger partial charge is 0.159 e. The average Bonchev–Trinajstić information content (AvgIpc) is 2.38. The molecule has 0 radical (unpaired) electrons. The van der Waals surface area contributed by atoms with Gasteiger partial charge in [-0.2, -0.15) is 0 Å². The lowest BCUT2D eigenvalue weighted by atomic mass is 10.2. The third-order valence-corrected chi connectivity index (χ3v) is 2.30. The average molecular weight is 249 g/mol. The van der Waals surface area contributed by atoms with Crippen LogP contribution in [0.2, 0.25) is 5.02 Å². The van der Waals surface area contributed by atoms with E-state index in [0.29, 0.717) is 22.9 Å². The number of benzene rings is 1. The van der Waals surface area contributed by atoms with Gasteiger partial charge in [-0.25, -0.2) is 9.97 Å². The number of hydrogen-bond donors (Lipinski definition) is 0. The van der Waals surface area contributed by atoms with E-state index in [4.69, 9.17) is 16.3 Å². The lowest BCUT2D eigenvalue weighted by Gasteiger charge is -2.03. The van der Waals surface area contributed by atoms with Crippen LogP contribution in [0.3, 0.4) is 0 Å². The molecule has 0 amide bonds. The predicted octanol–water partition coefficient (Wildman–Crippen LogP) is 2.37. The summed E-state index contributed by atoms with van der Waals surface area (Å²) < 4.78 is 5.05. The van der Waals surface area contributed by atoms with E-state index in [1.165, 1.54) is 12.4 Å². The Balaban J connectivity index is 2.17. The first kappa shape index (κ1) is 11.5. The lowest BCUT2D eigenvalue weighted by molar-refractivity contribution is -0.109. The second-order valence-electron chi connectivity index (χ2n) is 3.23. The largest absolute Gasteiger partial charge is 0.483 e. The Kier molecular flexibility index (Phi) is 3.67. The number of carbonyl (C=O) groups is 1. The van der Waals surface area contributed by atoms with Gasteiger partial charge >= 0.3 is 0 Å². The van der Waals surface area contributed by atoms with E-state index in [1.807, 2.05) is 12.1 Å². The van der Waals surface area contributed by atoms with Gasteiger partial charge in [0.15, 0.2) is 17.9 Å². The summed E-state index contributed by atoms with van der Waals surface area (Å²) in [6.07, 6.45) is 3.73. The second kappa shape index (κ2) is 5.41. The second-order valence-corrected chi connectivity index (χ2v) is 3.66. The van der Waals surface area contributed by atoms with E-state index in [0.717, 1.165) is 5.56 Å². The maximum absolute atomic E-state index is 10.1. The van der Waals surface area contributed by atoms with Crippen molar-refractivity contribution < 1.29 is 9.53 Å². The molecule has 5 heteroatoms. The molecule has 0 saturated heterocycles. The van der Waals surface area contributed by atoms with E-state index >= 15 is 0 Å². The van der Waals surface area contributed by atoms with Crippen LogP contribution in [-0.4, -0.2) is 22.9 Å². The van der Waals surface area contributed by atoms with Gasteiger partial charge < -0.3 is 4.74 Å². The van der Waals surface area contributed by atoms with Crippen molar-refractivity contribution in [1.82, 2.24) is 9.97 Å². The van der Waals surface area contributed by atoms with Crippen LogP contribution in [0.4, 0.5) is 0 Å². The molecule has 0 aliphatic rings. The van der Waals surface area contributed by atoms with Crippen LogP contribution in [0, 0.1) is 0 Å². The molecule has 0 atom stereocenters. The zero-order valence-corrected chi connectivity index (χ0v) is 9.59. The number of aromatic nitrogens is 2. The fraction of sp³-hybridized carbons (Fsp3) is 0.0833. The Bertz CT molecular complexity index is 497. The summed E-state index contributed by atoms with van der Waals surface area (Å²) in [6, 6.07) is 7.22. The van der Waals surface area contributed by atoms with Crippen molar-refractivity contribution in [2.45, 2.75) is 0 Å². The molecule has 0 saturated carbocycles. The third-order valence-electron chi connectivity index (χ3n) is 2.05. The van der Waals surface area contributed by atoms with Crippen molar-refractivity contribution in [2.75, 3.05) is 6.61 Å². The fourth-order valence-electron chi connectivity index (χ4n) is 1.27. The summed E-state index contributed by atoms with van der Waals surface area (Å²) in [7, 11) is 0. The summed E-state index contributed by atoms with van der Waals surface area (Å²) in [4.78, 5) is 18.4. The molecule has 4 nitrogen and oxygen atoms in total. The molecule has 0 bridgehead atoms. The van der Waals surface area contributed by atoms with Gasteiger partial charge in [0, 0.05) is 10.6 Å². The van der Waals surface area contributed by atoms with E-state index in [-0.39, 0.29) is 6.61 Å². The Labute approximate surface area is 103 Å². The van der Waals surface area contributed by atoms with Crippen molar-refractivity contribution in [1.29, 1.82) is 0 Å². The molecular formula is C12H9ClN2O2. The molecule has 1 heterocycles. The molecule has 2 aromatic rings. The highest BCUT2D eigenvalue weighted by molar-refractivity contribution is 6.30. The van der Waals surface area contributed by atoms with Crippen molar-refractivity contribution in [3.05, 3.63) is 41.7 Å². The minimum Gasteiger partial charge on any atom is -0.483 e. The van der Waals surface area contributed by atoms with Crippen molar-refractivity contribution in [2.24, 2.45) is 0 Å². The first-order valence-electron chi connectivity index (χ1n) is 4.94. The van der Waals surface area contributed by atoms with Crippen LogP contribution in [0.15, 0.2) is 36.7 Å². The van der Waals surface area contributed by atoms with Crippen LogP contribution in [0.5, 0.6) is 5.75 Å². The van der Waals surface area contributed by atoms with E-state index in [2.05, 4.69) is 9.97 Å². The molecule has 0 aliphatic heterocycles. The minimum atomic E-state index is 0.00362. The van der Waals surface area contributed by atoms with Crippen LogP contribution < -0.4 is 4.74 Å². The van der Waals surface area contributed by atoms with Crippen LogP contribution in [0.25, 0.3) is 11.4 Å². The standard InChI is InChI=1S/C12H9ClN2O2/c13-10-3-1-9(2-4-10)12-14-7-11(8-15-12)17-6-5-16/h1-5,7-8H,6H2. The quantitative estimate of drug-likeness (QED) is 0.780. The normalized spacial score (nSPS) is 9.94. The first-order chi connectivity index (χ1) is 8.29. The van der Waals surface area contributed by atoms with Crippen LogP contribution in [-0.2, 0) is 4.79 Å². The minimum absolute atomic E-state index is 0.00362. The van der Waals surface area contributed by atoms with Gasteiger partial charge in [-0.1, -0.05) is 11.6 Å². The monoisotopic (exact) mass is 248 g/mol. The topological polar surface area (TPSA) is 52.1 Å². The number of aldehydes is 1. The van der Waals surface area contributed by atoms with Crippen molar-refractivity contribution >= 4 is 17.9 Å². The molecule has 86 valence electrons. The summed E-state index contributed by atoms with van der Waals surface area (Å²) in [5.41, 5.74) is 0.872. The molecule has 0 N–H and O–H groups in total. The van der Waals surface area contributed by atoms with Gasteiger partial charge in [0.25, 0.3) is 0 Å². The van der Waals surface area contributed by atoms with Gasteiger partial charge in [-0.05, 0) is 24.3 Å². The van der Waals surface area contributed by atoms with Crippen molar-refractivity contribution in [3.8, 4) is 17.1 Å². The molecule has 2 rings (SSSR count). The van der Waals surface area contributed by atoms with Gasteiger partial charge in [0.2, 0.25) is 0 Å². The van der Waals surface area contributed by atoms with Crippen LogP contribution >= 0.6 is 11.6 Å². The maximum atomic E-state index is 10.1. The van der Waals surface area contributed by atoms with Gasteiger partial charge in [-0.15, -0.1) is 0 Å². The highest BCUT2D eigenvalue weighted by atomic mass is 35.5. The maximum Gasteiger partial charge on any atom is 0.159 e. The van der Waals surface area contributed by atoms with E-state index < -0.39 is 0 Å². The molecule has 1 aromatic heterocycles. The predicted molar refractivity (Wildman–Crippen MR) is 64.0 cm³/mol. The Morgan fingerprint density at radius 1 is 1.18 bits per heavy atom. The number of hydrogen-bond acceptors (Lipinski definition) is 4. The van der Waals surface area contributed by atoms with Gasteiger partial charge in [0.05, 0.1) is 12.4 Å². The third kappa shape index (κ3) is 3.01. The van der Waals surface area contributed by atoms with Crippen molar-refractivity contribution in [3.63, 3.8) is 0 Å². The van der Waals surface area contributed by atoms with Crippen LogP contribution in [0.1, 0.15) is 0 Å². The highest BCUT2D eigenvalue weighted by Gasteiger charge is 2.01. The molecule has 17 heavy (non-hydrogen) atoms. The Hall–Kier alpha value is -1.94. The molecule has 0 aliphatic carbocycles. The summed E-state index contributed by atoms with van der Waals surface area (Å²) in [5.74, 6) is 1.05. The zero-order chi connectivity index (χ0) is 12.1. The molecule has 0 fully saturated rings. The number of halogens is 1. The zero-order valence-electron chi connectivity index (χ0n) is 8.84. The molecule has 0 spiro atoms. The summed E-state index contributed by atoms with van der Waals surface area (Å²) in [5, 5.41) is 0.666. The molecule has 0 unspecified atom stereocenters. The Morgan fingerprint density at radius 2 is 1.82 bits per heavy atom. The highest BCUT2D eigenvalue weighted by Crippen LogP contribution is 2.18. The Morgan fingerprint density at radius 3 is 2.41 bits per heavy atom. The number of nitrogens with zero attached hydrogens (tertiary/aromatic N) is 2. The SMILES string of the molecule is O=CCOc1cnc(-c2ccc(Cl)cc2)nc1. The van der Waals surface area contributed by atoms with Gasteiger partial charge in [-0.3, -0.25) is 4.79 Å². The number of rotatable bonds is 4. The summed E-state index contributed by atoms with van der Waals surface area (Å²) in [6.45, 7) is 0.00362. The molecule has 1 aromatic carbocycles. The fourth-order valence-corrected chi connectivity index (χ4v) is 1.39.